The van der Waals surface area contributed by atoms with Gasteiger partial charge in [0.2, 0.25) is 5.91 Å². The van der Waals surface area contributed by atoms with Gasteiger partial charge in [0, 0.05) is 36.6 Å². The third kappa shape index (κ3) is 6.62. The lowest BCUT2D eigenvalue weighted by molar-refractivity contribution is -0.207. The van der Waals surface area contributed by atoms with Crippen molar-refractivity contribution >= 4 is 23.4 Å². The fraction of sp³-hybridized carbons (Fsp3) is 0.333. The van der Waals surface area contributed by atoms with Crippen LogP contribution in [-0.4, -0.2) is 82.3 Å². The van der Waals surface area contributed by atoms with Crippen molar-refractivity contribution < 1.29 is 27.9 Å². The van der Waals surface area contributed by atoms with Gasteiger partial charge in [-0.2, -0.15) is 13.2 Å². The summed E-state index contributed by atoms with van der Waals surface area (Å²) < 4.78 is 42.4. The maximum atomic E-state index is 13.4. The van der Waals surface area contributed by atoms with Crippen LogP contribution in [0.3, 0.4) is 0 Å². The molecule has 2 aromatic carbocycles. The number of hydrogen-bond acceptors (Lipinski definition) is 7. The number of aliphatic hydroxyl groups excluding tert-OH is 1. The molecule has 2 atom stereocenters. The van der Waals surface area contributed by atoms with E-state index in [1.54, 1.807) is 29.2 Å². The number of nitrogens with zero attached hydrogens (tertiary/aromatic N) is 7. The summed E-state index contributed by atoms with van der Waals surface area (Å²) in [7, 11) is 0. The number of aromatic nitrogens is 6. The third-order valence-electron chi connectivity index (χ3n) is 6.85. The summed E-state index contributed by atoms with van der Waals surface area (Å²) >= 11 is 5.93. The number of nitrogens with one attached hydrogen (secondary N) is 1. The van der Waals surface area contributed by atoms with E-state index in [4.69, 9.17) is 11.6 Å². The minimum Gasteiger partial charge on any atom is -0.382 e. The third-order valence-corrected chi connectivity index (χ3v) is 7.11. The Labute approximate surface area is 247 Å². The zero-order chi connectivity index (χ0) is 30.9. The van der Waals surface area contributed by atoms with Crippen LogP contribution in [0.1, 0.15) is 29.5 Å². The molecule has 2 N–H and O–H groups in total. The first-order chi connectivity index (χ1) is 20.4. The predicted molar refractivity (Wildman–Crippen MR) is 148 cm³/mol. The Morgan fingerprint density at radius 3 is 2.56 bits per heavy atom. The number of alkyl halides is 3. The number of carbonyl (C=O) groups is 2. The van der Waals surface area contributed by atoms with Crippen molar-refractivity contribution in [3.63, 3.8) is 0 Å². The van der Waals surface area contributed by atoms with E-state index < -0.39 is 24.5 Å². The second-order valence-corrected chi connectivity index (χ2v) is 10.4. The monoisotopic (exact) mass is 618 g/mol. The number of benzene rings is 2. The second-order valence-electron chi connectivity index (χ2n) is 10.00. The molecule has 4 aromatic rings. The Morgan fingerprint density at radius 1 is 1.14 bits per heavy atom. The highest BCUT2D eigenvalue weighted by atomic mass is 35.5. The SMILES string of the molecule is CC(=O)N[C@@H]1CCN(C(=O)c2ccccc2-n2cnc(Cn3nc(-c4ccc(Cl)cc4)n(CC(O)C(F)(F)F)c3=O)n2)C1. The van der Waals surface area contributed by atoms with Crippen molar-refractivity contribution in [3.8, 4) is 17.1 Å². The Balaban J connectivity index is 1.41. The van der Waals surface area contributed by atoms with Crippen molar-refractivity contribution in [2.45, 2.75) is 44.8 Å². The van der Waals surface area contributed by atoms with Gasteiger partial charge in [-0.3, -0.25) is 14.2 Å². The van der Waals surface area contributed by atoms with Crippen LogP contribution >= 0.6 is 11.6 Å². The molecular formula is C27H26ClF3N8O4. The number of halogens is 4. The lowest BCUT2D eigenvalue weighted by Crippen LogP contribution is -2.37. The molecule has 3 heterocycles. The first-order valence-corrected chi connectivity index (χ1v) is 13.5. The van der Waals surface area contributed by atoms with Crippen molar-refractivity contribution in [1.29, 1.82) is 0 Å². The summed E-state index contributed by atoms with van der Waals surface area (Å²) in [5.74, 6) is -0.440. The number of para-hydroxylation sites is 1. The number of likely N-dealkylation sites (tertiary alicyclic amines) is 1. The normalized spacial score (nSPS) is 16.0. The van der Waals surface area contributed by atoms with Crippen molar-refractivity contribution in [2.24, 2.45) is 0 Å². The largest absolute Gasteiger partial charge is 0.416 e. The lowest BCUT2D eigenvalue weighted by Gasteiger charge is -2.18. The average Bonchev–Trinajstić information content (AvgIpc) is 3.69. The summed E-state index contributed by atoms with van der Waals surface area (Å²) in [5, 5.41) is 21.5. The Kier molecular flexibility index (Phi) is 8.37. The minimum atomic E-state index is -4.95. The average molecular weight is 619 g/mol. The van der Waals surface area contributed by atoms with Gasteiger partial charge in [-0.25, -0.2) is 19.1 Å². The number of amides is 2. The molecule has 1 saturated heterocycles. The molecule has 0 saturated carbocycles. The van der Waals surface area contributed by atoms with Gasteiger partial charge in [-0.1, -0.05) is 23.7 Å². The molecule has 12 nitrogen and oxygen atoms in total. The van der Waals surface area contributed by atoms with Gasteiger partial charge in [-0.05, 0) is 42.8 Å². The van der Waals surface area contributed by atoms with Crippen molar-refractivity contribution in [2.75, 3.05) is 13.1 Å². The fourth-order valence-electron chi connectivity index (χ4n) is 4.79. The zero-order valence-electron chi connectivity index (χ0n) is 22.7. The van der Waals surface area contributed by atoms with E-state index in [9.17, 15) is 32.7 Å². The number of hydrogen-bond donors (Lipinski definition) is 2. The van der Waals surface area contributed by atoms with Gasteiger partial charge in [0.05, 0.1) is 17.8 Å². The van der Waals surface area contributed by atoms with E-state index >= 15 is 0 Å². The van der Waals surface area contributed by atoms with Gasteiger partial charge in [-0.15, -0.1) is 10.2 Å². The van der Waals surface area contributed by atoms with Gasteiger partial charge in [0.15, 0.2) is 17.8 Å². The van der Waals surface area contributed by atoms with Crippen LogP contribution in [0.2, 0.25) is 5.02 Å². The molecular weight excluding hydrogens is 593 g/mol. The van der Waals surface area contributed by atoms with E-state index in [-0.39, 0.29) is 36.0 Å². The summed E-state index contributed by atoms with van der Waals surface area (Å²) in [6.45, 7) is 0.870. The van der Waals surface area contributed by atoms with Crippen LogP contribution in [-0.2, 0) is 17.9 Å². The summed E-state index contributed by atoms with van der Waals surface area (Å²) in [4.78, 5) is 43.8. The highest BCUT2D eigenvalue weighted by molar-refractivity contribution is 6.30. The molecule has 1 aliphatic rings. The number of carbonyl (C=O) groups excluding carboxylic acids is 2. The van der Waals surface area contributed by atoms with E-state index in [0.29, 0.717) is 41.3 Å². The maximum absolute atomic E-state index is 13.4. The van der Waals surface area contributed by atoms with Crippen LogP contribution in [0, 0.1) is 0 Å². The van der Waals surface area contributed by atoms with Crippen LogP contribution in [0.4, 0.5) is 13.2 Å². The molecule has 0 spiro atoms. The van der Waals surface area contributed by atoms with E-state index in [1.807, 2.05) is 0 Å². The molecule has 16 heteroatoms. The first-order valence-electron chi connectivity index (χ1n) is 13.2. The van der Waals surface area contributed by atoms with Crippen molar-refractivity contribution in [3.05, 3.63) is 81.8 Å². The minimum absolute atomic E-state index is 0.0972. The Morgan fingerprint density at radius 2 is 1.86 bits per heavy atom. The van der Waals surface area contributed by atoms with Crippen LogP contribution in [0.15, 0.2) is 59.7 Å². The maximum Gasteiger partial charge on any atom is 0.416 e. The molecule has 1 fully saturated rings. The van der Waals surface area contributed by atoms with Crippen LogP contribution in [0.5, 0.6) is 0 Å². The smallest absolute Gasteiger partial charge is 0.382 e. The summed E-state index contributed by atoms with van der Waals surface area (Å²) in [6.07, 6.45) is -5.78. The molecule has 2 aromatic heterocycles. The number of rotatable bonds is 8. The van der Waals surface area contributed by atoms with Gasteiger partial charge in [0.1, 0.15) is 12.9 Å². The topological polar surface area (TPSA) is 140 Å². The van der Waals surface area contributed by atoms with E-state index in [2.05, 4.69) is 20.5 Å². The summed E-state index contributed by atoms with van der Waals surface area (Å²) in [5.41, 5.74) is 0.156. The van der Waals surface area contributed by atoms with Crippen molar-refractivity contribution in [1.82, 2.24) is 39.3 Å². The van der Waals surface area contributed by atoms with E-state index in [1.165, 1.54) is 42.2 Å². The number of aliphatic hydroxyl groups is 1. The standard InChI is InChI=1S/C27H26ClF3N8O4/c1-16(40)33-19-10-11-36(12-19)25(42)20-4-2-3-5-21(20)39-15-32-23(34-39)14-38-26(43)37(13-22(41)27(29,30)31)24(35-38)17-6-8-18(28)9-7-17/h2-9,15,19,22,41H,10-14H2,1H3,(H,33,40)/t19-,22?/m1/s1. The predicted octanol–water partition coefficient (Wildman–Crippen LogP) is 2.27. The molecule has 5 rings (SSSR count). The highest BCUT2D eigenvalue weighted by Gasteiger charge is 2.39. The molecule has 1 aliphatic heterocycles. The quantitative estimate of drug-likeness (QED) is 0.309. The molecule has 0 radical (unpaired) electrons. The Hall–Kier alpha value is -4.50. The van der Waals surface area contributed by atoms with Gasteiger partial charge in [0.25, 0.3) is 5.91 Å². The summed E-state index contributed by atoms with van der Waals surface area (Å²) in [6, 6.07) is 12.6. The lowest BCUT2D eigenvalue weighted by atomic mass is 10.1. The van der Waals surface area contributed by atoms with Gasteiger partial charge >= 0.3 is 11.9 Å². The van der Waals surface area contributed by atoms with Crippen LogP contribution in [0.25, 0.3) is 17.1 Å². The Bertz CT molecular complexity index is 1700. The zero-order valence-corrected chi connectivity index (χ0v) is 23.5. The second kappa shape index (κ2) is 12.0. The molecule has 43 heavy (non-hydrogen) atoms. The fourth-order valence-corrected chi connectivity index (χ4v) is 4.92. The van der Waals surface area contributed by atoms with Gasteiger partial charge < -0.3 is 15.3 Å². The molecule has 2 amide bonds. The molecule has 1 unspecified atom stereocenters. The van der Waals surface area contributed by atoms with Crippen LogP contribution < -0.4 is 11.0 Å². The first kappa shape index (κ1) is 30.0. The molecule has 226 valence electrons. The highest BCUT2D eigenvalue weighted by Crippen LogP contribution is 2.24. The molecule has 0 aliphatic carbocycles. The molecule has 0 bridgehead atoms. The van der Waals surface area contributed by atoms with E-state index in [0.717, 1.165) is 9.25 Å².